The second-order valence-corrected chi connectivity index (χ2v) is 10.3. The van der Waals surface area contributed by atoms with E-state index in [1.165, 1.54) is 16.3 Å². The molecule has 5 aromatic rings. The lowest BCUT2D eigenvalue weighted by atomic mass is 10.0. The van der Waals surface area contributed by atoms with Crippen LogP contribution >= 0.6 is 0 Å². The van der Waals surface area contributed by atoms with Gasteiger partial charge in [0, 0.05) is 38.3 Å². The summed E-state index contributed by atoms with van der Waals surface area (Å²) in [7, 11) is 0. The SMILES string of the molecule is c1ccc(CN2CCC(n3ncc4c(N5CCOCC5)nc(-c5cccc6ccccc56)nc43)CC2)cc1. The molecule has 2 aliphatic heterocycles. The summed E-state index contributed by atoms with van der Waals surface area (Å²) in [6, 6.07) is 25.9. The van der Waals surface area contributed by atoms with Crippen molar-refractivity contribution in [1.29, 1.82) is 0 Å². The second kappa shape index (κ2) is 10.2. The summed E-state index contributed by atoms with van der Waals surface area (Å²) >= 11 is 0. The molecule has 4 heterocycles. The molecule has 0 aliphatic carbocycles. The number of benzene rings is 3. The van der Waals surface area contributed by atoms with E-state index in [0.29, 0.717) is 19.3 Å². The summed E-state index contributed by atoms with van der Waals surface area (Å²) in [5.74, 6) is 1.73. The number of morpholine rings is 1. The molecule has 3 aromatic carbocycles. The Bertz CT molecular complexity index is 1550. The zero-order valence-electron chi connectivity index (χ0n) is 21.5. The molecular formula is C31H32N6O. The fourth-order valence-corrected chi connectivity index (χ4v) is 5.90. The van der Waals surface area contributed by atoms with Crippen LogP contribution in [0.4, 0.5) is 5.82 Å². The number of hydrogen-bond acceptors (Lipinski definition) is 6. The Hall–Kier alpha value is -3.81. The van der Waals surface area contributed by atoms with Crippen molar-refractivity contribution >= 4 is 27.6 Å². The highest BCUT2D eigenvalue weighted by Gasteiger charge is 2.26. The van der Waals surface area contributed by atoms with Crippen molar-refractivity contribution in [2.45, 2.75) is 25.4 Å². The number of nitrogens with zero attached hydrogens (tertiary/aromatic N) is 6. The Morgan fingerprint density at radius 2 is 1.53 bits per heavy atom. The number of hydrogen-bond donors (Lipinski definition) is 0. The Labute approximate surface area is 222 Å². The van der Waals surface area contributed by atoms with E-state index in [0.717, 1.165) is 73.8 Å². The fraction of sp³-hybridized carbons (Fsp3) is 0.323. The fourth-order valence-electron chi connectivity index (χ4n) is 5.90. The van der Waals surface area contributed by atoms with Crippen LogP contribution in [0.3, 0.4) is 0 Å². The zero-order chi connectivity index (χ0) is 25.3. The quantitative estimate of drug-likeness (QED) is 0.323. The van der Waals surface area contributed by atoms with E-state index in [2.05, 4.69) is 87.3 Å². The van der Waals surface area contributed by atoms with E-state index in [-0.39, 0.29) is 0 Å². The van der Waals surface area contributed by atoms with Crippen molar-refractivity contribution < 1.29 is 4.74 Å². The van der Waals surface area contributed by atoms with Gasteiger partial charge in [0.2, 0.25) is 0 Å². The maximum Gasteiger partial charge on any atom is 0.164 e. The molecule has 0 amide bonds. The largest absolute Gasteiger partial charge is 0.378 e. The summed E-state index contributed by atoms with van der Waals surface area (Å²) in [5.41, 5.74) is 3.37. The molecule has 7 rings (SSSR count). The van der Waals surface area contributed by atoms with Gasteiger partial charge in [0.15, 0.2) is 11.5 Å². The summed E-state index contributed by atoms with van der Waals surface area (Å²) in [6.45, 7) is 6.18. The first-order chi connectivity index (χ1) is 18.8. The van der Waals surface area contributed by atoms with Gasteiger partial charge in [-0.3, -0.25) is 4.90 Å². The van der Waals surface area contributed by atoms with Gasteiger partial charge < -0.3 is 9.64 Å². The Balaban J connectivity index is 1.26. The molecule has 0 N–H and O–H groups in total. The molecule has 7 heteroatoms. The van der Waals surface area contributed by atoms with Gasteiger partial charge in [-0.25, -0.2) is 14.6 Å². The van der Waals surface area contributed by atoms with E-state index in [9.17, 15) is 0 Å². The summed E-state index contributed by atoms with van der Waals surface area (Å²) in [5, 5.41) is 8.31. The molecule has 7 nitrogen and oxygen atoms in total. The molecule has 0 bridgehead atoms. The number of aromatic nitrogens is 4. The van der Waals surface area contributed by atoms with Gasteiger partial charge in [-0.05, 0) is 29.2 Å². The monoisotopic (exact) mass is 504 g/mol. The number of piperidine rings is 1. The highest BCUT2D eigenvalue weighted by molar-refractivity contribution is 5.97. The molecule has 2 aliphatic rings. The lowest BCUT2D eigenvalue weighted by molar-refractivity contribution is 0.122. The van der Waals surface area contributed by atoms with Gasteiger partial charge in [0.25, 0.3) is 0 Å². The van der Waals surface area contributed by atoms with Crippen molar-refractivity contribution in [2.75, 3.05) is 44.3 Å². The van der Waals surface area contributed by atoms with Crippen molar-refractivity contribution in [3.8, 4) is 11.4 Å². The Kier molecular flexibility index (Phi) is 6.23. The van der Waals surface area contributed by atoms with Gasteiger partial charge in [0.05, 0.1) is 30.8 Å². The minimum atomic E-state index is 0.326. The van der Waals surface area contributed by atoms with E-state index in [4.69, 9.17) is 19.8 Å². The molecule has 0 saturated carbocycles. The summed E-state index contributed by atoms with van der Waals surface area (Å²) < 4.78 is 7.82. The number of fused-ring (bicyclic) bond motifs is 2. The van der Waals surface area contributed by atoms with Gasteiger partial charge in [-0.1, -0.05) is 72.8 Å². The molecular weight excluding hydrogens is 472 g/mol. The first-order valence-electron chi connectivity index (χ1n) is 13.7. The topological polar surface area (TPSA) is 59.3 Å². The third-order valence-corrected chi connectivity index (χ3v) is 7.93. The first-order valence-corrected chi connectivity index (χ1v) is 13.7. The van der Waals surface area contributed by atoms with Crippen LogP contribution < -0.4 is 4.90 Å². The number of likely N-dealkylation sites (tertiary alicyclic amines) is 1. The van der Waals surface area contributed by atoms with Crippen LogP contribution in [0.5, 0.6) is 0 Å². The molecule has 2 fully saturated rings. The maximum absolute atomic E-state index is 5.65. The van der Waals surface area contributed by atoms with Gasteiger partial charge in [-0.2, -0.15) is 5.10 Å². The zero-order valence-corrected chi connectivity index (χ0v) is 21.5. The molecule has 192 valence electrons. The minimum absolute atomic E-state index is 0.326. The highest BCUT2D eigenvalue weighted by Crippen LogP contribution is 2.34. The van der Waals surface area contributed by atoms with Gasteiger partial charge >= 0.3 is 0 Å². The third-order valence-electron chi connectivity index (χ3n) is 7.93. The molecule has 38 heavy (non-hydrogen) atoms. The van der Waals surface area contributed by atoms with Crippen LogP contribution in [0.1, 0.15) is 24.4 Å². The average Bonchev–Trinajstić information content (AvgIpc) is 3.42. The predicted octanol–water partition coefficient (Wildman–Crippen LogP) is 5.32. The van der Waals surface area contributed by atoms with Crippen LogP contribution in [0.2, 0.25) is 0 Å². The lowest BCUT2D eigenvalue weighted by Crippen LogP contribution is -2.37. The lowest BCUT2D eigenvalue weighted by Gasteiger charge is -2.32. The van der Waals surface area contributed by atoms with Crippen LogP contribution in [0.15, 0.2) is 79.0 Å². The van der Waals surface area contributed by atoms with E-state index in [1.54, 1.807) is 0 Å². The van der Waals surface area contributed by atoms with Crippen LogP contribution in [0, 0.1) is 0 Å². The average molecular weight is 505 g/mol. The van der Waals surface area contributed by atoms with Crippen LogP contribution in [-0.4, -0.2) is 64.0 Å². The van der Waals surface area contributed by atoms with Gasteiger partial charge in [-0.15, -0.1) is 0 Å². The molecule has 0 radical (unpaired) electrons. The Morgan fingerprint density at radius 3 is 2.37 bits per heavy atom. The first kappa shape index (κ1) is 23.3. The third kappa shape index (κ3) is 4.42. The molecule has 0 spiro atoms. The second-order valence-electron chi connectivity index (χ2n) is 10.3. The summed E-state index contributed by atoms with van der Waals surface area (Å²) in [4.78, 5) is 15.2. The van der Waals surface area contributed by atoms with Crippen molar-refractivity contribution in [3.05, 3.63) is 84.6 Å². The summed E-state index contributed by atoms with van der Waals surface area (Å²) in [6.07, 6.45) is 4.09. The number of rotatable bonds is 5. The van der Waals surface area contributed by atoms with E-state index < -0.39 is 0 Å². The maximum atomic E-state index is 5.65. The Morgan fingerprint density at radius 1 is 0.763 bits per heavy atom. The van der Waals surface area contributed by atoms with Crippen LogP contribution in [-0.2, 0) is 11.3 Å². The minimum Gasteiger partial charge on any atom is -0.378 e. The van der Waals surface area contributed by atoms with Crippen molar-refractivity contribution in [3.63, 3.8) is 0 Å². The molecule has 2 aromatic heterocycles. The smallest absolute Gasteiger partial charge is 0.164 e. The van der Waals surface area contributed by atoms with E-state index >= 15 is 0 Å². The normalized spacial score (nSPS) is 17.4. The van der Waals surface area contributed by atoms with Crippen molar-refractivity contribution in [2.24, 2.45) is 0 Å². The predicted molar refractivity (Wildman–Crippen MR) is 151 cm³/mol. The van der Waals surface area contributed by atoms with E-state index in [1.807, 2.05) is 6.20 Å². The van der Waals surface area contributed by atoms with Crippen LogP contribution in [0.25, 0.3) is 33.2 Å². The van der Waals surface area contributed by atoms with Crippen molar-refractivity contribution in [1.82, 2.24) is 24.6 Å². The number of anilines is 1. The molecule has 0 atom stereocenters. The molecule has 0 unspecified atom stereocenters. The standard InChI is InChI=1S/C31H32N6O/c1-2-7-23(8-3-1)22-35-15-13-25(14-16-35)37-31-28(21-32-37)30(36-17-19-38-20-18-36)33-29(34-31)27-12-6-10-24-9-4-5-11-26(24)27/h1-12,21,25H,13-20,22H2. The number of ether oxygens (including phenoxy) is 1. The highest BCUT2D eigenvalue weighted by atomic mass is 16.5. The molecule has 2 saturated heterocycles. The van der Waals surface area contributed by atoms with Gasteiger partial charge in [0.1, 0.15) is 5.82 Å².